The maximum atomic E-state index is 12.3. The molecule has 0 saturated heterocycles. The molecular formula is C11H14F3NO5S. The topological polar surface area (TPSA) is 95.7 Å². The first-order chi connectivity index (χ1) is 9.49. The van der Waals surface area contributed by atoms with Gasteiger partial charge in [-0.05, 0) is 25.5 Å². The fourth-order valence-corrected chi connectivity index (χ4v) is 2.26. The summed E-state index contributed by atoms with van der Waals surface area (Å²) in [6.07, 6.45) is 1.02. The van der Waals surface area contributed by atoms with Crippen LogP contribution in [0.25, 0.3) is 0 Å². The van der Waals surface area contributed by atoms with Gasteiger partial charge in [-0.15, -0.1) is 0 Å². The van der Waals surface area contributed by atoms with Gasteiger partial charge in [0.15, 0.2) is 0 Å². The summed E-state index contributed by atoms with van der Waals surface area (Å²) in [5, 5.41) is 0. The molecule has 0 aromatic carbocycles. The molecule has 0 radical (unpaired) electrons. The van der Waals surface area contributed by atoms with Crippen LogP contribution < -0.4 is 5.73 Å². The van der Waals surface area contributed by atoms with Gasteiger partial charge in [0.05, 0.1) is 12.6 Å². The number of alkyl halides is 3. The van der Waals surface area contributed by atoms with Crippen molar-refractivity contribution in [1.29, 1.82) is 0 Å². The lowest BCUT2D eigenvalue weighted by molar-refractivity contribution is -0.138. The van der Waals surface area contributed by atoms with Gasteiger partial charge < -0.3 is 14.7 Å². The number of esters is 1. The van der Waals surface area contributed by atoms with Gasteiger partial charge in [0.25, 0.3) is 0 Å². The Hall–Kier alpha value is -1.55. The molecule has 0 saturated carbocycles. The Morgan fingerprint density at radius 2 is 2.05 bits per heavy atom. The molecule has 1 aliphatic rings. The predicted octanol–water partition coefficient (Wildman–Crippen LogP) is 1.35. The van der Waals surface area contributed by atoms with E-state index < -0.39 is 33.4 Å². The molecule has 21 heavy (non-hydrogen) atoms. The Labute approximate surface area is 119 Å². The molecule has 0 aliphatic heterocycles. The Bertz CT molecular complexity index is 591. The SMILES string of the molecule is CCOC(=O)C1=CC(C)=C(OS(=O)(=O)C(F)(F)F)C(N)C1. The summed E-state index contributed by atoms with van der Waals surface area (Å²) >= 11 is 0. The molecule has 0 amide bonds. The molecule has 2 N–H and O–H groups in total. The Kier molecular flexibility index (Phi) is 5.05. The van der Waals surface area contributed by atoms with E-state index in [9.17, 15) is 26.4 Å². The second-order valence-corrected chi connectivity index (χ2v) is 5.77. The van der Waals surface area contributed by atoms with Crippen LogP contribution in [0.1, 0.15) is 20.3 Å². The minimum atomic E-state index is -5.79. The van der Waals surface area contributed by atoms with Gasteiger partial charge in [-0.3, -0.25) is 0 Å². The highest BCUT2D eigenvalue weighted by Crippen LogP contribution is 2.31. The van der Waals surface area contributed by atoms with E-state index >= 15 is 0 Å². The zero-order valence-corrected chi connectivity index (χ0v) is 12.0. The summed E-state index contributed by atoms with van der Waals surface area (Å²) in [5.74, 6) is -1.20. The number of halogens is 3. The van der Waals surface area contributed by atoms with Gasteiger partial charge in [0.1, 0.15) is 5.76 Å². The van der Waals surface area contributed by atoms with E-state index in [-0.39, 0.29) is 24.2 Å². The molecule has 1 atom stereocenters. The molecule has 0 heterocycles. The van der Waals surface area contributed by atoms with Gasteiger partial charge in [0, 0.05) is 12.0 Å². The summed E-state index contributed by atoms with van der Waals surface area (Å²) < 4.78 is 67.6. The number of hydrogen-bond donors (Lipinski definition) is 1. The van der Waals surface area contributed by atoms with E-state index in [4.69, 9.17) is 10.5 Å². The highest BCUT2D eigenvalue weighted by molar-refractivity contribution is 7.87. The maximum Gasteiger partial charge on any atom is 0.534 e. The summed E-state index contributed by atoms with van der Waals surface area (Å²) in [7, 11) is -5.79. The number of nitrogens with two attached hydrogens (primary N) is 1. The van der Waals surface area contributed by atoms with Crippen LogP contribution in [0.4, 0.5) is 13.2 Å². The Balaban J connectivity index is 3.09. The lowest BCUT2D eigenvalue weighted by atomic mass is 9.95. The normalized spacial score (nSPS) is 20.1. The summed E-state index contributed by atoms with van der Waals surface area (Å²) in [6.45, 7) is 3.01. The van der Waals surface area contributed by atoms with Crippen molar-refractivity contribution in [3.8, 4) is 0 Å². The third kappa shape index (κ3) is 3.97. The lowest BCUT2D eigenvalue weighted by Crippen LogP contribution is -2.34. The van der Waals surface area contributed by atoms with Crippen LogP contribution in [0.2, 0.25) is 0 Å². The van der Waals surface area contributed by atoms with E-state index in [1.54, 1.807) is 6.92 Å². The lowest BCUT2D eigenvalue weighted by Gasteiger charge is -2.23. The van der Waals surface area contributed by atoms with E-state index in [1.807, 2.05) is 0 Å². The largest absolute Gasteiger partial charge is 0.534 e. The van der Waals surface area contributed by atoms with Crippen LogP contribution in [0.15, 0.2) is 23.0 Å². The smallest absolute Gasteiger partial charge is 0.463 e. The second kappa shape index (κ2) is 6.06. The number of carbonyl (C=O) groups excluding carboxylic acids is 1. The van der Waals surface area contributed by atoms with Crippen LogP contribution in [-0.2, 0) is 23.8 Å². The Morgan fingerprint density at radius 3 is 2.48 bits per heavy atom. The number of allylic oxidation sites excluding steroid dienone is 2. The maximum absolute atomic E-state index is 12.3. The summed E-state index contributed by atoms with van der Waals surface area (Å²) in [4.78, 5) is 11.5. The molecular weight excluding hydrogens is 315 g/mol. The van der Waals surface area contributed by atoms with Gasteiger partial charge >= 0.3 is 21.6 Å². The van der Waals surface area contributed by atoms with Crippen LogP contribution in [0.3, 0.4) is 0 Å². The van der Waals surface area contributed by atoms with Gasteiger partial charge in [0.2, 0.25) is 0 Å². The van der Waals surface area contributed by atoms with Gasteiger partial charge in [-0.2, -0.15) is 21.6 Å². The highest BCUT2D eigenvalue weighted by Gasteiger charge is 2.49. The highest BCUT2D eigenvalue weighted by atomic mass is 32.2. The number of ether oxygens (including phenoxy) is 1. The van der Waals surface area contributed by atoms with Crippen molar-refractivity contribution in [3.05, 3.63) is 23.0 Å². The molecule has 1 rings (SSSR count). The fraction of sp³-hybridized carbons (Fsp3) is 0.545. The zero-order chi connectivity index (χ0) is 16.4. The van der Waals surface area contributed by atoms with Crippen molar-refractivity contribution in [1.82, 2.24) is 0 Å². The van der Waals surface area contributed by atoms with Crippen LogP contribution in [-0.4, -0.2) is 32.5 Å². The second-order valence-electron chi connectivity index (χ2n) is 4.23. The van der Waals surface area contributed by atoms with Crippen molar-refractivity contribution in [2.24, 2.45) is 5.73 Å². The van der Waals surface area contributed by atoms with Crippen molar-refractivity contribution in [2.45, 2.75) is 31.8 Å². The Morgan fingerprint density at radius 1 is 1.48 bits per heavy atom. The number of hydrogen-bond acceptors (Lipinski definition) is 6. The first-order valence-electron chi connectivity index (χ1n) is 5.84. The first-order valence-corrected chi connectivity index (χ1v) is 7.25. The average Bonchev–Trinajstić information content (AvgIpc) is 2.32. The number of carbonyl (C=O) groups is 1. The van der Waals surface area contributed by atoms with E-state index in [1.165, 1.54) is 13.0 Å². The van der Waals surface area contributed by atoms with Crippen LogP contribution in [0, 0.1) is 0 Å². The fourth-order valence-electron chi connectivity index (χ4n) is 1.67. The van der Waals surface area contributed by atoms with Crippen molar-refractivity contribution < 1.29 is 35.3 Å². The van der Waals surface area contributed by atoms with Crippen molar-refractivity contribution >= 4 is 16.1 Å². The monoisotopic (exact) mass is 329 g/mol. The van der Waals surface area contributed by atoms with Crippen LogP contribution in [0.5, 0.6) is 0 Å². The molecule has 1 aliphatic carbocycles. The molecule has 120 valence electrons. The van der Waals surface area contributed by atoms with Gasteiger partial charge in [-0.1, -0.05) is 0 Å². The third-order valence-corrected chi connectivity index (χ3v) is 3.54. The minimum absolute atomic E-state index is 0.0182. The minimum Gasteiger partial charge on any atom is -0.463 e. The molecule has 0 spiro atoms. The molecule has 0 aromatic rings. The van der Waals surface area contributed by atoms with E-state index in [0.717, 1.165) is 0 Å². The van der Waals surface area contributed by atoms with Gasteiger partial charge in [-0.25, -0.2) is 4.79 Å². The molecule has 1 unspecified atom stereocenters. The summed E-state index contributed by atoms with van der Waals surface area (Å²) in [5.41, 5.74) is 0.186. The average molecular weight is 329 g/mol. The predicted molar refractivity (Wildman–Crippen MR) is 66.1 cm³/mol. The van der Waals surface area contributed by atoms with Crippen LogP contribution >= 0.6 is 0 Å². The zero-order valence-electron chi connectivity index (χ0n) is 11.2. The van der Waals surface area contributed by atoms with Crippen molar-refractivity contribution in [3.63, 3.8) is 0 Å². The van der Waals surface area contributed by atoms with E-state index in [0.29, 0.717) is 0 Å². The van der Waals surface area contributed by atoms with E-state index in [2.05, 4.69) is 4.18 Å². The molecule has 6 nitrogen and oxygen atoms in total. The third-order valence-electron chi connectivity index (χ3n) is 2.58. The first kappa shape index (κ1) is 17.5. The molecule has 0 bridgehead atoms. The summed E-state index contributed by atoms with van der Waals surface area (Å²) in [6, 6.07) is -1.19. The standard InChI is InChI=1S/C11H14F3NO5S/c1-3-19-10(16)7-4-6(2)9(8(15)5-7)20-21(17,18)11(12,13)14/h4,8H,3,5,15H2,1-2H3. The quantitative estimate of drug-likeness (QED) is 0.475. The molecule has 0 fully saturated rings. The number of rotatable bonds is 4. The molecule has 10 heteroatoms. The van der Waals surface area contributed by atoms with Crippen molar-refractivity contribution in [2.75, 3.05) is 6.61 Å². The molecule has 0 aromatic heterocycles.